The summed E-state index contributed by atoms with van der Waals surface area (Å²) in [6.45, 7) is 4.72. The lowest BCUT2D eigenvalue weighted by Gasteiger charge is -2.28. The van der Waals surface area contributed by atoms with Crippen LogP contribution in [0.3, 0.4) is 0 Å². The molecule has 0 N–H and O–H groups in total. The van der Waals surface area contributed by atoms with Crippen molar-refractivity contribution in [2.24, 2.45) is 0 Å². The Balaban J connectivity index is 1.16. The van der Waals surface area contributed by atoms with Gasteiger partial charge in [0.05, 0.1) is 0 Å². The summed E-state index contributed by atoms with van der Waals surface area (Å²) in [4.78, 5) is 2.38. The molecule has 0 aromatic heterocycles. The number of fused-ring (bicyclic) bond motifs is 3. The molecule has 7 aromatic rings. The maximum absolute atomic E-state index is 2.41. The molecule has 0 unspecified atom stereocenters. The topological polar surface area (TPSA) is 3.24 Å². The van der Waals surface area contributed by atoms with Gasteiger partial charge in [-0.25, -0.2) is 0 Å². The first kappa shape index (κ1) is 31.1. The zero-order chi connectivity index (χ0) is 33.9. The van der Waals surface area contributed by atoms with Gasteiger partial charge in [0.15, 0.2) is 0 Å². The molecule has 0 heterocycles. The van der Waals surface area contributed by atoms with E-state index < -0.39 is 0 Å². The first-order valence-corrected chi connectivity index (χ1v) is 17.3. The van der Waals surface area contributed by atoms with Gasteiger partial charge in [-0.05, 0) is 92.0 Å². The van der Waals surface area contributed by atoms with E-state index in [1.54, 1.807) is 0 Å². The minimum atomic E-state index is -0.147. The van der Waals surface area contributed by atoms with Crippen molar-refractivity contribution in [3.05, 3.63) is 209 Å². The number of rotatable bonds is 8. The Kier molecular flexibility index (Phi) is 8.32. The molecule has 0 amide bonds. The summed E-state index contributed by atoms with van der Waals surface area (Å²) < 4.78 is 0. The maximum Gasteiger partial charge on any atom is 0.0465 e. The van der Waals surface area contributed by atoms with E-state index in [9.17, 15) is 0 Å². The van der Waals surface area contributed by atoms with E-state index in [1.165, 1.54) is 55.6 Å². The Morgan fingerprint density at radius 1 is 0.360 bits per heavy atom. The largest absolute Gasteiger partial charge is 0.310 e. The molecule has 1 heteroatoms. The molecule has 0 spiro atoms. The normalized spacial score (nSPS) is 13.0. The Labute approximate surface area is 296 Å². The van der Waals surface area contributed by atoms with Gasteiger partial charge in [0, 0.05) is 22.5 Å². The first-order chi connectivity index (χ1) is 24.5. The molecule has 0 saturated carbocycles. The molecule has 0 fully saturated rings. The molecular weight excluding hydrogens is 603 g/mol. The fraction of sp³-hybridized carbons (Fsp3) is 0.0612. The quantitative estimate of drug-likeness (QED) is 0.149. The number of hydrogen-bond donors (Lipinski definition) is 0. The summed E-state index contributed by atoms with van der Waals surface area (Å²) in [7, 11) is 0. The van der Waals surface area contributed by atoms with Crippen LogP contribution in [0.15, 0.2) is 176 Å². The van der Waals surface area contributed by atoms with E-state index in [-0.39, 0.29) is 5.41 Å². The number of hydrogen-bond acceptors (Lipinski definition) is 1. The molecule has 8 rings (SSSR count). The van der Waals surface area contributed by atoms with Crippen LogP contribution < -0.4 is 4.90 Å². The summed E-state index contributed by atoms with van der Waals surface area (Å²) in [6.07, 6.45) is 8.76. The van der Waals surface area contributed by atoms with E-state index in [1.807, 2.05) is 6.07 Å². The Morgan fingerprint density at radius 2 is 0.760 bits per heavy atom. The smallest absolute Gasteiger partial charge is 0.0465 e. The third-order valence-corrected chi connectivity index (χ3v) is 9.86. The van der Waals surface area contributed by atoms with Gasteiger partial charge < -0.3 is 4.90 Å². The first-order valence-electron chi connectivity index (χ1n) is 17.3. The van der Waals surface area contributed by atoms with Gasteiger partial charge in [-0.15, -0.1) is 0 Å². The van der Waals surface area contributed by atoms with Crippen LogP contribution >= 0.6 is 0 Å². The van der Waals surface area contributed by atoms with Crippen molar-refractivity contribution >= 4 is 41.4 Å². The molecule has 50 heavy (non-hydrogen) atoms. The van der Waals surface area contributed by atoms with Crippen molar-refractivity contribution < 1.29 is 0 Å². The molecule has 7 aromatic carbocycles. The van der Waals surface area contributed by atoms with Crippen molar-refractivity contribution in [1.82, 2.24) is 0 Å². The summed E-state index contributed by atoms with van der Waals surface area (Å²) in [6, 6.07) is 63.3. The van der Waals surface area contributed by atoms with Crippen LogP contribution in [0.1, 0.15) is 47.2 Å². The minimum Gasteiger partial charge on any atom is -0.310 e. The van der Waals surface area contributed by atoms with E-state index in [0.29, 0.717) is 0 Å². The number of nitrogens with zero attached hydrogens (tertiary/aromatic N) is 1. The van der Waals surface area contributed by atoms with Crippen LogP contribution in [0, 0.1) is 0 Å². The lowest BCUT2D eigenvalue weighted by atomic mass is 9.81. The van der Waals surface area contributed by atoms with Gasteiger partial charge >= 0.3 is 0 Å². The van der Waals surface area contributed by atoms with Crippen molar-refractivity contribution in [3.63, 3.8) is 0 Å². The van der Waals surface area contributed by atoms with Crippen LogP contribution in [-0.2, 0) is 5.41 Å². The standard InChI is InChI=1S/C49H39N/c1-49(2)47-34-39(21-20-37-14-8-4-9-15-37)24-32-45(47)46-33-31-44(35-48(46)49)50(43-29-25-41(26-30-43)40-16-10-5-11-17-40)42-27-22-38(23-28-42)19-18-36-12-6-3-7-13-36/h3-35H,1-2H3/b19-18+,21-20+. The highest BCUT2D eigenvalue weighted by Crippen LogP contribution is 2.51. The van der Waals surface area contributed by atoms with Gasteiger partial charge in [0.2, 0.25) is 0 Å². The second-order valence-corrected chi connectivity index (χ2v) is 13.5. The Morgan fingerprint density at radius 3 is 1.34 bits per heavy atom. The number of benzene rings is 7. The van der Waals surface area contributed by atoms with Crippen molar-refractivity contribution in [2.45, 2.75) is 19.3 Å². The summed E-state index contributed by atoms with van der Waals surface area (Å²) >= 11 is 0. The van der Waals surface area contributed by atoms with Gasteiger partial charge in [0.25, 0.3) is 0 Å². The predicted molar refractivity (Wildman–Crippen MR) is 215 cm³/mol. The third-order valence-electron chi connectivity index (χ3n) is 9.86. The summed E-state index contributed by atoms with van der Waals surface area (Å²) in [5, 5.41) is 0. The third kappa shape index (κ3) is 6.22. The average Bonchev–Trinajstić information content (AvgIpc) is 3.40. The highest BCUT2D eigenvalue weighted by atomic mass is 15.1. The summed E-state index contributed by atoms with van der Waals surface area (Å²) in [5.74, 6) is 0. The van der Waals surface area contributed by atoms with Crippen molar-refractivity contribution in [1.29, 1.82) is 0 Å². The van der Waals surface area contributed by atoms with Crippen molar-refractivity contribution in [2.75, 3.05) is 4.90 Å². The second kappa shape index (κ2) is 13.4. The average molecular weight is 642 g/mol. The second-order valence-electron chi connectivity index (χ2n) is 13.5. The van der Waals surface area contributed by atoms with E-state index >= 15 is 0 Å². The van der Waals surface area contributed by atoms with Crippen LogP contribution in [0.25, 0.3) is 46.6 Å². The Bertz CT molecular complexity index is 2290. The lowest BCUT2D eigenvalue weighted by molar-refractivity contribution is 0.660. The van der Waals surface area contributed by atoms with E-state index in [0.717, 1.165) is 17.1 Å². The molecular formula is C49H39N. The molecule has 0 bridgehead atoms. The zero-order valence-corrected chi connectivity index (χ0v) is 28.5. The van der Waals surface area contributed by atoms with Crippen molar-refractivity contribution in [3.8, 4) is 22.3 Å². The predicted octanol–water partition coefficient (Wildman–Crippen LogP) is 13.5. The molecule has 1 nitrogen and oxygen atoms in total. The van der Waals surface area contributed by atoms with Gasteiger partial charge in [0.1, 0.15) is 0 Å². The van der Waals surface area contributed by atoms with Crippen LogP contribution in [0.5, 0.6) is 0 Å². The SMILES string of the molecule is CC1(C)c2cc(/C=C/c3ccccc3)ccc2-c2ccc(N(c3ccc(/C=C/c4ccccc4)cc3)c3ccc(-c4ccccc4)cc3)cc21. The Hall–Kier alpha value is -6.18. The molecule has 0 saturated heterocycles. The number of anilines is 3. The van der Waals surface area contributed by atoms with Crippen LogP contribution in [-0.4, -0.2) is 0 Å². The molecule has 1 aliphatic carbocycles. The highest BCUT2D eigenvalue weighted by molar-refractivity contribution is 5.87. The highest BCUT2D eigenvalue weighted by Gasteiger charge is 2.36. The molecule has 240 valence electrons. The fourth-order valence-electron chi connectivity index (χ4n) is 7.11. The minimum absolute atomic E-state index is 0.147. The molecule has 0 atom stereocenters. The molecule has 1 aliphatic rings. The zero-order valence-electron chi connectivity index (χ0n) is 28.5. The fourth-order valence-corrected chi connectivity index (χ4v) is 7.11. The van der Waals surface area contributed by atoms with E-state index in [2.05, 4.69) is 213 Å². The lowest BCUT2D eigenvalue weighted by Crippen LogP contribution is -2.16. The van der Waals surface area contributed by atoms with Gasteiger partial charge in [-0.3, -0.25) is 0 Å². The molecule has 0 radical (unpaired) electrons. The van der Waals surface area contributed by atoms with Gasteiger partial charge in [-0.2, -0.15) is 0 Å². The maximum atomic E-state index is 2.41. The van der Waals surface area contributed by atoms with E-state index in [4.69, 9.17) is 0 Å². The van der Waals surface area contributed by atoms with Gasteiger partial charge in [-0.1, -0.05) is 178 Å². The van der Waals surface area contributed by atoms with Crippen LogP contribution in [0.2, 0.25) is 0 Å². The summed E-state index contributed by atoms with van der Waals surface area (Å²) in [5.41, 5.74) is 15.8. The molecule has 0 aliphatic heterocycles. The van der Waals surface area contributed by atoms with Crippen LogP contribution in [0.4, 0.5) is 17.1 Å². The monoisotopic (exact) mass is 641 g/mol.